The van der Waals surface area contributed by atoms with Crippen LogP contribution < -0.4 is 4.90 Å². The number of halogens is 5. The van der Waals surface area contributed by atoms with Crippen LogP contribution in [0, 0.1) is 0 Å². The number of hydrogen-bond donors (Lipinski definition) is 2. The average Bonchev–Trinajstić information content (AvgIpc) is 3.29. The van der Waals surface area contributed by atoms with Crippen molar-refractivity contribution in [3.8, 4) is 11.3 Å². The van der Waals surface area contributed by atoms with Gasteiger partial charge in [-0.1, -0.05) is 81.6 Å². The molecule has 0 spiro atoms. The van der Waals surface area contributed by atoms with Crippen molar-refractivity contribution in [1.82, 2.24) is 4.98 Å². The van der Waals surface area contributed by atoms with Gasteiger partial charge in [-0.15, -0.1) is 0 Å². The zero-order valence-corrected chi connectivity index (χ0v) is 21.6. The second-order valence-corrected chi connectivity index (χ2v) is 10.8. The number of anilines is 2. The number of rotatable bonds is 7. The van der Waals surface area contributed by atoms with Gasteiger partial charge in [-0.3, -0.25) is 9.46 Å². The van der Waals surface area contributed by atoms with E-state index in [0.29, 0.717) is 27.1 Å². The summed E-state index contributed by atoms with van der Waals surface area (Å²) in [6, 6.07) is 18.1. The number of benzene rings is 3. The van der Waals surface area contributed by atoms with E-state index in [4.69, 9.17) is 37.4 Å². The monoisotopic (exact) mass is 602 g/mol. The fraction of sp³-hybridized carbons (Fsp3) is 0.0870. The maximum atomic E-state index is 14.2. The minimum atomic E-state index is -5.72. The molecule has 0 unspecified atom stereocenters. The third-order valence-corrected chi connectivity index (χ3v) is 7.43. The quantitative estimate of drug-likeness (QED) is 0.208. The Balaban J connectivity index is 1.73. The van der Waals surface area contributed by atoms with Gasteiger partial charge in [0.15, 0.2) is 5.76 Å². The summed E-state index contributed by atoms with van der Waals surface area (Å²) in [6.07, 6.45) is 1.56. The van der Waals surface area contributed by atoms with Crippen molar-refractivity contribution >= 4 is 58.4 Å². The molecule has 6 nitrogen and oxygen atoms in total. The molecule has 0 atom stereocenters. The van der Waals surface area contributed by atoms with Gasteiger partial charge in [0.25, 0.3) is 0 Å². The second-order valence-electron chi connectivity index (χ2n) is 7.46. The molecule has 0 saturated carbocycles. The average molecular weight is 604 g/mol. The number of alkyl halides is 2. The Hall–Kier alpha value is -2.26. The van der Waals surface area contributed by atoms with Crippen LogP contribution >= 0.6 is 46.7 Å². The lowest BCUT2D eigenvalue weighted by Crippen LogP contribution is -2.18. The second kappa shape index (κ2) is 10.0. The van der Waals surface area contributed by atoms with Gasteiger partial charge < -0.3 is 14.2 Å². The van der Waals surface area contributed by atoms with Gasteiger partial charge in [-0.05, 0) is 29.8 Å². The highest BCUT2D eigenvalue weighted by Gasteiger charge is 2.51. The lowest BCUT2D eigenvalue weighted by molar-refractivity contribution is 0.0557. The molecule has 0 saturated heterocycles. The third kappa shape index (κ3) is 5.45. The summed E-state index contributed by atoms with van der Waals surface area (Å²) in [5.41, 5.74) is -3.26. The molecular weight excluding hydrogens is 588 g/mol. The van der Waals surface area contributed by atoms with E-state index in [1.165, 1.54) is 12.1 Å². The highest BCUT2D eigenvalue weighted by molar-refractivity contribution is 9.10. The largest absolute Gasteiger partial charge is 0.423 e. The zero-order valence-electron chi connectivity index (χ0n) is 17.6. The minimum absolute atomic E-state index is 0.104. The third-order valence-electron chi connectivity index (χ3n) is 5.06. The topological polar surface area (TPSA) is 86.8 Å². The standard InChI is InChI=1S/C23H16BrCl2F2N2O4P/c24-18-10-14(6-8-17(18)23(27,28)35(31,32)33)13-30(16-7-9-19(25)20(26)11-16)22-29-12-21(34-22)15-4-2-1-3-5-15/h1-12H,13H2,(H2,31,32,33). The Labute approximate surface area is 217 Å². The molecule has 0 bridgehead atoms. The first-order chi connectivity index (χ1) is 16.5. The first-order valence-corrected chi connectivity index (χ1v) is 13.1. The smallest absolute Gasteiger partial charge is 0.399 e. The van der Waals surface area contributed by atoms with Crippen LogP contribution in [0.5, 0.6) is 0 Å². The SMILES string of the molecule is O=P(O)(O)C(F)(F)c1ccc(CN(c2ccc(Cl)c(Cl)c2)c2ncc(-c3ccccc3)o2)cc1Br. The van der Waals surface area contributed by atoms with E-state index < -0.39 is 18.8 Å². The molecule has 182 valence electrons. The van der Waals surface area contributed by atoms with Gasteiger partial charge in [0, 0.05) is 21.3 Å². The molecule has 4 rings (SSSR count). The Bertz CT molecular complexity index is 1420. The predicted molar refractivity (Wildman–Crippen MR) is 134 cm³/mol. The van der Waals surface area contributed by atoms with Gasteiger partial charge in [-0.2, -0.15) is 8.78 Å². The summed E-state index contributed by atoms with van der Waals surface area (Å²) in [5, 5.41) is 0.640. The number of nitrogens with zero attached hydrogens (tertiary/aromatic N) is 2. The van der Waals surface area contributed by atoms with Crippen molar-refractivity contribution < 1.29 is 27.5 Å². The Kier molecular flexibility index (Phi) is 7.38. The van der Waals surface area contributed by atoms with Crippen LogP contribution in [0.25, 0.3) is 11.3 Å². The van der Waals surface area contributed by atoms with Gasteiger partial charge in [0.2, 0.25) is 0 Å². The van der Waals surface area contributed by atoms with E-state index in [2.05, 4.69) is 20.9 Å². The number of oxazole rings is 1. The van der Waals surface area contributed by atoms with Crippen LogP contribution in [0.4, 0.5) is 20.5 Å². The molecular formula is C23H16BrCl2F2N2O4P. The minimum Gasteiger partial charge on any atom is -0.423 e. The number of hydrogen-bond acceptors (Lipinski definition) is 4. The summed E-state index contributed by atoms with van der Waals surface area (Å²) in [4.78, 5) is 24.2. The van der Waals surface area contributed by atoms with Gasteiger partial charge in [0.05, 0.1) is 22.8 Å². The van der Waals surface area contributed by atoms with Crippen molar-refractivity contribution in [1.29, 1.82) is 0 Å². The van der Waals surface area contributed by atoms with E-state index >= 15 is 0 Å². The van der Waals surface area contributed by atoms with E-state index in [0.717, 1.165) is 11.6 Å². The normalized spacial score (nSPS) is 12.1. The van der Waals surface area contributed by atoms with Crippen LogP contribution in [0.15, 0.2) is 81.8 Å². The molecule has 2 N–H and O–H groups in total. The Morgan fingerprint density at radius 2 is 1.74 bits per heavy atom. The lowest BCUT2D eigenvalue weighted by Gasteiger charge is -2.23. The molecule has 1 heterocycles. The van der Waals surface area contributed by atoms with Gasteiger partial charge >= 0.3 is 19.3 Å². The molecule has 4 aromatic rings. The van der Waals surface area contributed by atoms with Crippen LogP contribution in [0.2, 0.25) is 10.0 Å². The van der Waals surface area contributed by atoms with E-state index in [1.807, 2.05) is 30.3 Å². The molecule has 0 aliphatic carbocycles. The summed E-state index contributed by atoms with van der Waals surface area (Å²) in [7, 11) is -5.72. The first-order valence-electron chi connectivity index (χ1n) is 9.93. The van der Waals surface area contributed by atoms with Crippen LogP contribution in [0.3, 0.4) is 0 Å². The van der Waals surface area contributed by atoms with Crippen molar-refractivity contribution in [2.75, 3.05) is 4.90 Å². The summed E-state index contributed by atoms with van der Waals surface area (Å²) < 4.78 is 45.6. The van der Waals surface area contributed by atoms with Crippen LogP contribution in [-0.4, -0.2) is 14.8 Å². The first kappa shape index (κ1) is 25.8. The summed E-state index contributed by atoms with van der Waals surface area (Å²) in [6.45, 7) is 0.104. The number of aromatic nitrogens is 1. The summed E-state index contributed by atoms with van der Waals surface area (Å²) in [5.74, 6) is 0.517. The molecule has 0 radical (unpaired) electrons. The Morgan fingerprint density at radius 3 is 2.37 bits per heavy atom. The van der Waals surface area contributed by atoms with Crippen molar-refractivity contribution in [3.05, 3.63) is 98.6 Å². The molecule has 3 aromatic carbocycles. The fourth-order valence-corrected chi connectivity index (χ4v) is 4.92. The fourth-order valence-electron chi connectivity index (χ4n) is 3.29. The molecule has 0 fully saturated rings. The van der Waals surface area contributed by atoms with Gasteiger partial charge in [-0.25, -0.2) is 4.98 Å². The molecule has 0 aliphatic rings. The van der Waals surface area contributed by atoms with E-state index in [9.17, 15) is 13.3 Å². The molecule has 1 aromatic heterocycles. The molecule has 0 aliphatic heterocycles. The Morgan fingerprint density at radius 1 is 1.03 bits per heavy atom. The molecule has 12 heteroatoms. The van der Waals surface area contributed by atoms with Crippen molar-refractivity contribution in [3.63, 3.8) is 0 Å². The highest BCUT2D eigenvalue weighted by atomic mass is 79.9. The zero-order chi connectivity index (χ0) is 25.4. The summed E-state index contributed by atoms with van der Waals surface area (Å²) >= 11 is 15.3. The van der Waals surface area contributed by atoms with Crippen LogP contribution in [0.1, 0.15) is 11.1 Å². The van der Waals surface area contributed by atoms with Crippen molar-refractivity contribution in [2.45, 2.75) is 12.2 Å². The lowest BCUT2D eigenvalue weighted by atomic mass is 10.1. The van der Waals surface area contributed by atoms with Crippen LogP contribution in [-0.2, 0) is 16.8 Å². The van der Waals surface area contributed by atoms with E-state index in [-0.39, 0.29) is 17.0 Å². The van der Waals surface area contributed by atoms with E-state index in [1.54, 1.807) is 29.3 Å². The highest BCUT2D eigenvalue weighted by Crippen LogP contribution is 2.60. The predicted octanol–water partition coefficient (Wildman–Crippen LogP) is 7.98. The van der Waals surface area contributed by atoms with Gasteiger partial charge in [0.1, 0.15) is 0 Å². The molecule has 35 heavy (non-hydrogen) atoms. The van der Waals surface area contributed by atoms with Crippen molar-refractivity contribution in [2.24, 2.45) is 0 Å². The molecule has 0 amide bonds. The maximum absolute atomic E-state index is 14.2. The maximum Gasteiger partial charge on any atom is 0.399 e.